The van der Waals surface area contributed by atoms with Gasteiger partial charge in [-0.05, 0) is 43.7 Å². The summed E-state index contributed by atoms with van der Waals surface area (Å²) in [7, 11) is -3.26. The summed E-state index contributed by atoms with van der Waals surface area (Å²) in [5, 5.41) is 0. The highest BCUT2D eigenvalue weighted by molar-refractivity contribution is 7.90. The number of rotatable bonds is 5. The van der Waals surface area contributed by atoms with Crippen LogP contribution in [0.1, 0.15) is 25.7 Å². The van der Waals surface area contributed by atoms with Crippen molar-refractivity contribution in [3.8, 4) is 0 Å². The van der Waals surface area contributed by atoms with Gasteiger partial charge in [-0.2, -0.15) is 0 Å². The number of sulfone groups is 1. The molecule has 2 N–H and O–H groups in total. The van der Waals surface area contributed by atoms with Crippen molar-refractivity contribution >= 4 is 21.2 Å². The quantitative estimate of drug-likeness (QED) is 0.838. The van der Waals surface area contributed by atoms with E-state index in [0.717, 1.165) is 18.2 Å². The van der Waals surface area contributed by atoms with Crippen LogP contribution in [-0.2, 0) is 9.84 Å². The first-order chi connectivity index (χ1) is 8.97. The highest BCUT2D eigenvalue weighted by atomic mass is 32.2. The Hall–Kier alpha value is -1.23. The lowest BCUT2D eigenvalue weighted by molar-refractivity contribution is 0.602. The summed E-state index contributed by atoms with van der Waals surface area (Å²) < 4.78 is 23.5. The van der Waals surface area contributed by atoms with Crippen molar-refractivity contribution in [2.75, 3.05) is 23.4 Å². The van der Waals surface area contributed by atoms with E-state index in [2.05, 4.69) is 4.90 Å². The molecule has 0 spiro atoms. The highest BCUT2D eigenvalue weighted by Crippen LogP contribution is 2.40. The lowest BCUT2D eigenvalue weighted by Gasteiger charge is -2.26. The number of hydrogen-bond acceptors (Lipinski definition) is 4. The van der Waals surface area contributed by atoms with Gasteiger partial charge in [-0.1, -0.05) is 6.07 Å². The van der Waals surface area contributed by atoms with E-state index in [-0.39, 0.29) is 4.90 Å². The molecule has 0 radical (unpaired) electrons. The van der Waals surface area contributed by atoms with E-state index in [1.54, 1.807) is 12.1 Å². The second-order valence-electron chi connectivity index (χ2n) is 5.79. The molecule has 0 unspecified atom stereocenters. The number of nitrogen functional groups attached to an aromatic ring is 1. The zero-order valence-electron chi connectivity index (χ0n) is 11.2. The molecule has 19 heavy (non-hydrogen) atoms. The molecule has 1 aromatic rings. The fraction of sp³-hybridized carbons (Fsp3) is 0.571. The van der Waals surface area contributed by atoms with Crippen LogP contribution in [0, 0.1) is 5.92 Å². The molecule has 0 atom stereocenters. The Morgan fingerprint density at radius 2 is 1.95 bits per heavy atom. The van der Waals surface area contributed by atoms with Crippen molar-refractivity contribution in [1.29, 1.82) is 0 Å². The molecule has 0 aromatic heterocycles. The highest BCUT2D eigenvalue weighted by Gasteiger charge is 2.35. The van der Waals surface area contributed by atoms with E-state index in [9.17, 15) is 8.42 Å². The number of benzene rings is 1. The third-order valence-corrected chi connectivity index (χ3v) is 5.05. The van der Waals surface area contributed by atoms with Gasteiger partial charge in [0.05, 0.1) is 16.3 Å². The average molecular weight is 280 g/mol. The summed E-state index contributed by atoms with van der Waals surface area (Å²) in [6.45, 7) is 1.02. The SMILES string of the molecule is CS(=O)(=O)c1cccc(N(CC2CC2)C2CC2)c1N. The minimum absolute atomic E-state index is 0.256. The van der Waals surface area contributed by atoms with Gasteiger partial charge in [-0.15, -0.1) is 0 Å². The van der Waals surface area contributed by atoms with Crippen LogP contribution < -0.4 is 10.6 Å². The van der Waals surface area contributed by atoms with Crippen molar-refractivity contribution in [3.05, 3.63) is 18.2 Å². The molecule has 5 heteroatoms. The van der Waals surface area contributed by atoms with Crippen LogP contribution in [0.15, 0.2) is 23.1 Å². The Morgan fingerprint density at radius 1 is 1.26 bits per heavy atom. The first kappa shape index (κ1) is 12.8. The molecule has 2 saturated carbocycles. The molecule has 0 amide bonds. The third kappa shape index (κ3) is 2.71. The van der Waals surface area contributed by atoms with E-state index >= 15 is 0 Å². The predicted octanol–water partition coefficient (Wildman–Crippen LogP) is 2.05. The lowest BCUT2D eigenvalue weighted by atomic mass is 10.2. The molecule has 2 aliphatic rings. The maximum absolute atomic E-state index is 11.8. The monoisotopic (exact) mass is 280 g/mol. The second kappa shape index (κ2) is 4.40. The predicted molar refractivity (Wildman–Crippen MR) is 77.1 cm³/mol. The molecular weight excluding hydrogens is 260 g/mol. The number of anilines is 2. The summed E-state index contributed by atoms with van der Waals surface area (Å²) in [5.41, 5.74) is 7.43. The summed E-state index contributed by atoms with van der Waals surface area (Å²) in [6.07, 6.45) is 6.17. The largest absolute Gasteiger partial charge is 0.396 e. The topological polar surface area (TPSA) is 63.4 Å². The standard InChI is InChI=1S/C14H20N2O2S/c1-19(17,18)13-4-2-3-12(14(13)15)16(11-7-8-11)9-10-5-6-10/h2-4,10-11H,5-9,15H2,1H3. The normalized spacial score (nSPS) is 19.4. The Kier molecular flexibility index (Phi) is 2.96. The summed E-state index contributed by atoms with van der Waals surface area (Å²) in [5.74, 6) is 0.766. The van der Waals surface area contributed by atoms with Gasteiger partial charge in [-0.3, -0.25) is 0 Å². The van der Waals surface area contributed by atoms with Crippen LogP contribution in [-0.4, -0.2) is 27.3 Å². The van der Waals surface area contributed by atoms with Crippen LogP contribution in [0.4, 0.5) is 11.4 Å². The second-order valence-corrected chi connectivity index (χ2v) is 7.77. The average Bonchev–Trinajstić information content (AvgIpc) is 3.19. The Labute approximate surface area is 114 Å². The maximum Gasteiger partial charge on any atom is 0.177 e. The zero-order valence-corrected chi connectivity index (χ0v) is 12.0. The Balaban J connectivity index is 1.98. The molecule has 2 fully saturated rings. The fourth-order valence-electron chi connectivity index (χ4n) is 2.52. The molecule has 0 saturated heterocycles. The first-order valence-corrected chi connectivity index (χ1v) is 8.71. The van der Waals surface area contributed by atoms with E-state index < -0.39 is 9.84 Å². The van der Waals surface area contributed by atoms with Gasteiger partial charge in [0.2, 0.25) is 0 Å². The van der Waals surface area contributed by atoms with Gasteiger partial charge in [0.15, 0.2) is 9.84 Å². The molecule has 1 aromatic carbocycles. The number of para-hydroxylation sites is 1. The molecule has 0 bridgehead atoms. The molecule has 0 heterocycles. The Bertz CT molecular complexity index is 589. The summed E-state index contributed by atoms with van der Waals surface area (Å²) >= 11 is 0. The van der Waals surface area contributed by atoms with E-state index in [4.69, 9.17) is 5.73 Å². The van der Waals surface area contributed by atoms with Gasteiger partial charge in [0, 0.05) is 18.8 Å². The van der Waals surface area contributed by atoms with Gasteiger partial charge < -0.3 is 10.6 Å². The number of hydrogen-bond donors (Lipinski definition) is 1. The summed E-state index contributed by atoms with van der Waals surface area (Å²) in [4.78, 5) is 2.58. The smallest absolute Gasteiger partial charge is 0.177 e. The third-order valence-electron chi connectivity index (χ3n) is 3.89. The molecular formula is C14H20N2O2S. The molecule has 3 rings (SSSR count). The van der Waals surface area contributed by atoms with Crippen molar-refractivity contribution < 1.29 is 8.42 Å². The first-order valence-electron chi connectivity index (χ1n) is 6.82. The van der Waals surface area contributed by atoms with E-state index in [1.165, 1.54) is 31.9 Å². The van der Waals surface area contributed by atoms with E-state index in [0.29, 0.717) is 11.7 Å². The minimum atomic E-state index is -3.26. The van der Waals surface area contributed by atoms with Crippen LogP contribution >= 0.6 is 0 Å². The van der Waals surface area contributed by atoms with Gasteiger partial charge in [0.25, 0.3) is 0 Å². The number of nitrogens with zero attached hydrogens (tertiary/aromatic N) is 1. The fourth-order valence-corrected chi connectivity index (χ4v) is 3.34. The van der Waals surface area contributed by atoms with Crippen molar-refractivity contribution in [1.82, 2.24) is 0 Å². The van der Waals surface area contributed by atoms with Crippen LogP contribution in [0.2, 0.25) is 0 Å². The van der Waals surface area contributed by atoms with Crippen LogP contribution in [0.25, 0.3) is 0 Å². The van der Waals surface area contributed by atoms with Crippen LogP contribution in [0.5, 0.6) is 0 Å². The van der Waals surface area contributed by atoms with Gasteiger partial charge >= 0.3 is 0 Å². The van der Waals surface area contributed by atoms with Gasteiger partial charge in [0.1, 0.15) is 0 Å². The van der Waals surface area contributed by atoms with Crippen molar-refractivity contribution in [2.24, 2.45) is 5.92 Å². The van der Waals surface area contributed by atoms with Crippen molar-refractivity contribution in [3.63, 3.8) is 0 Å². The van der Waals surface area contributed by atoms with Crippen molar-refractivity contribution in [2.45, 2.75) is 36.6 Å². The molecule has 104 valence electrons. The minimum Gasteiger partial charge on any atom is -0.396 e. The summed E-state index contributed by atoms with van der Waals surface area (Å²) in [6, 6.07) is 5.89. The van der Waals surface area contributed by atoms with Gasteiger partial charge in [-0.25, -0.2) is 8.42 Å². The zero-order chi connectivity index (χ0) is 13.6. The number of nitrogens with two attached hydrogens (primary N) is 1. The maximum atomic E-state index is 11.8. The van der Waals surface area contributed by atoms with E-state index in [1.807, 2.05) is 6.07 Å². The lowest BCUT2D eigenvalue weighted by Crippen LogP contribution is -2.29. The molecule has 2 aliphatic carbocycles. The Morgan fingerprint density at radius 3 is 2.47 bits per heavy atom. The molecule has 0 aliphatic heterocycles. The molecule has 4 nitrogen and oxygen atoms in total. The van der Waals surface area contributed by atoms with Crippen LogP contribution in [0.3, 0.4) is 0 Å².